The van der Waals surface area contributed by atoms with Crippen molar-refractivity contribution in [2.45, 2.75) is 18.9 Å². The summed E-state index contributed by atoms with van der Waals surface area (Å²) < 4.78 is 57.9. The standard InChI is InChI=1S/C17H17F4N3O3/c18-11-10(16(25)9(17(26)27)7-23-8-1-2-8)12(19)14(21)15(13(11)20)24-5-3-22-4-6-24/h7-8,22,25H,1-6H2,(H,26,27). The molecule has 3 rings (SSSR count). The molecule has 2 fully saturated rings. The third-order valence-corrected chi connectivity index (χ3v) is 4.36. The van der Waals surface area contributed by atoms with E-state index in [1.54, 1.807) is 0 Å². The van der Waals surface area contributed by atoms with Crippen LogP contribution in [-0.4, -0.2) is 54.6 Å². The van der Waals surface area contributed by atoms with Crippen LogP contribution in [0.5, 0.6) is 0 Å². The molecule has 0 atom stereocenters. The fraction of sp³-hybridized carbons (Fsp3) is 0.412. The quantitative estimate of drug-likeness (QED) is 0.237. The Morgan fingerprint density at radius 2 is 1.59 bits per heavy atom. The van der Waals surface area contributed by atoms with E-state index in [4.69, 9.17) is 5.11 Å². The number of aliphatic carboxylic acids is 1. The molecule has 1 aromatic carbocycles. The predicted molar refractivity (Wildman–Crippen MR) is 90.1 cm³/mol. The zero-order chi connectivity index (χ0) is 19.7. The topological polar surface area (TPSA) is 85.2 Å². The van der Waals surface area contributed by atoms with Gasteiger partial charge in [-0.2, -0.15) is 0 Å². The molecule has 0 bridgehead atoms. The molecule has 1 saturated carbocycles. The Kier molecular flexibility index (Phi) is 5.36. The lowest BCUT2D eigenvalue weighted by molar-refractivity contribution is -0.132. The van der Waals surface area contributed by atoms with Crippen molar-refractivity contribution in [1.29, 1.82) is 0 Å². The maximum atomic E-state index is 14.5. The first-order valence-electron chi connectivity index (χ1n) is 8.34. The Balaban J connectivity index is 2.12. The number of piperazine rings is 1. The second kappa shape index (κ2) is 7.55. The van der Waals surface area contributed by atoms with Gasteiger partial charge in [0.15, 0.2) is 23.3 Å². The molecule has 3 N–H and O–H groups in total. The number of aliphatic imine (C=N–C) groups is 1. The fourth-order valence-electron chi connectivity index (χ4n) is 2.75. The summed E-state index contributed by atoms with van der Waals surface area (Å²) >= 11 is 0. The number of nitrogens with one attached hydrogen (secondary N) is 1. The van der Waals surface area contributed by atoms with Crippen molar-refractivity contribution in [3.05, 3.63) is 34.4 Å². The zero-order valence-electron chi connectivity index (χ0n) is 14.1. The maximum absolute atomic E-state index is 14.5. The van der Waals surface area contributed by atoms with E-state index in [0.717, 1.165) is 24.0 Å². The molecule has 0 aromatic heterocycles. The first-order chi connectivity index (χ1) is 12.8. The fourth-order valence-corrected chi connectivity index (χ4v) is 2.75. The van der Waals surface area contributed by atoms with Gasteiger partial charge in [0.05, 0.1) is 11.6 Å². The van der Waals surface area contributed by atoms with Crippen molar-refractivity contribution in [2.24, 2.45) is 4.99 Å². The van der Waals surface area contributed by atoms with Gasteiger partial charge in [-0.05, 0) is 12.8 Å². The van der Waals surface area contributed by atoms with Gasteiger partial charge >= 0.3 is 5.97 Å². The molecule has 1 saturated heterocycles. The Bertz CT molecular complexity index is 802. The number of carbonyl (C=O) groups is 1. The van der Waals surface area contributed by atoms with Crippen molar-refractivity contribution in [3.8, 4) is 0 Å². The Labute approximate surface area is 151 Å². The first-order valence-corrected chi connectivity index (χ1v) is 8.34. The first kappa shape index (κ1) is 19.2. The van der Waals surface area contributed by atoms with Crippen LogP contribution in [-0.2, 0) is 4.79 Å². The molecular formula is C17H17F4N3O3. The summed E-state index contributed by atoms with van der Waals surface area (Å²) in [6, 6.07) is -0.134. The monoisotopic (exact) mass is 387 g/mol. The van der Waals surface area contributed by atoms with Crippen molar-refractivity contribution >= 4 is 23.6 Å². The smallest absolute Gasteiger partial charge is 0.341 e. The number of carboxylic acid groups (broad SMARTS) is 1. The van der Waals surface area contributed by atoms with E-state index in [9.17, 15) is 27.5 Å². The SMILES string of the molecule is O=C(O)C(C=NC1CC1)=C(O)c1c(F)c(F)c(N2CCNCC2)c(F)c1F. The van der Waals surface area contributed by atoms with Gasteiger partial charge in [0, 0.05) is 32.4 Å². The normalized spacial score (nSPS) is 18.7. The van der Waals surface area contributed by atoms with Crippen LogP contribution in [0.1, 0.15) is 18.4 Å². The molecule has 1 aliphatic heterocycles. The van der Waals surface area contributed by atoms with Crippen molar-refractivity contribution in [2.75, 3.05) is 31.1 Å². The summed E-state index contributed by atoms with van der Waals surface area (Å²) in [4.78, 5) is 16.3. The van der Waals surface area contributed by atoms with Crippen LogP contribution in [0.3, 0.4) is 0 Å². The highest BCUT2D eigenvalue weighted by atomic mass is 19.2. The van der Waals surface area contributed by atoms with Crippen molar-refractivity contribution in [1.82, 2.24) is 5.32 Å². The van der Waals surface area contributed by atoms with E-state index in [0.29, 0.717) is 13.1 Å². The molecule has 0 unspecified atom stereocenters. The number of halogens is 4. The van der Waals surface area contributed by atoms with E-state index < -0.39 is 51.8 Å². The molecule has 2 aliphatic rings. The lowest BCUT2D eigenvalue weighted by Gasteiger charge is -2.30. The number of hydrogen-bond donors (Lipinski definition) is 3. The van der Waals surface area contributed by atoms with E-state index >= 15 is 0 Å². The van der Waals surface area contributed by atoms with Gasteiger partial charge in [0.25, 0.3) is 0 Å². The van der Waals surface area contributed by atoms with Crippen molar-refractivity contribution in [3.63, 3.8) is 0 Å². The number of nitrogens with zero attached hydrogens (tertiary/aromatic N) is 2. The number of aliphatic hydroxyl groups excluding tert-OH is 1. The summed E-state index contributed by atoms with van der Waals surface area (Å²) in [5.41, 5.74) is -3.30. The molecule has 10 heteroatoms. The van der Waals surface area contributed by atoms with Crippen LogP contribution in [0.15, 0.2) is 10.6 Å². The van der Waals surface area contributed by atoms with Gasteiger partial charge < -0.3 is 20.4 Å². The lowest BCUT2D eigenvalue weighted by atomic mass is 10.0. The Morgan fingerprint density at radius 1 is 1.04 bits per heavy atom. The van der Waals surface area contributed by atoms with Crippen LogP contribution in [0.2, 0.25) is 0 Å². The van der Waals surface area contributed by atoms with Crippen LogP contribution in [0.25, 0.3) is 5.76 Å². The van der Waals surface area contributed by atoms with Gasteiger partial charge in [-0.1, -0.05) is 0 Å². The van der Waals surface area contributed by atoms with Gasteiger partial charge in [-0.15, -0.1) is 0 Å². The summed E-state index contributed by atoms with van der Waals surface area (Å²) in [5, 5.41) is 22.2. The summed E-state index contributed by atoms with van der Waals surface area (Å²) in [6.07, 6.45) is 2.18. The summed E-state index contributed by atoms with van der Waals surface area (Å²) in [7, 11) is 0. The predicted octanol–water partition coefficient (Wildman–Crippen LogP) is 2.24. The average Bonchev–Trinajstić information content (AvgIpc) is 3.46. The number of hydrogen-bond acceptors (Lipinski definition) is 5. The molecule has 0 amide bonds. The van der Waals surface area contributed by atoms with Gasteiger partial charge in [0.2, 0.25) is 0 Å². The Morgan fingerprint density at radius 3 is 2.07 bits per heavy atom. The zero-order valence-corrected chi connectivity index (χ0v) is 14.1. The third kappa shape index (κ3) is 3.75. The lowest BCUT2D eigenvalue weighted by Crippen LogP contribution is -2.44. The number of aliphatic hydroxyl groups is 1. The van der Waals surface area contributed by atoms with E-state index in [1.807, 2.05) is 0 Å². The minimum absolute atomic E-state index is 0.127. The number of rotatable bonds is 5. The second-order valence-electron chi connectivity index (χ2n) is 6.29. The molecule has 0 radical (unpaired) electrons. The third-order valence-electron chi connectivity index (χ3n) is 4.36. The number of anilines is 1. The molecular weight excluding hydrogens is 370 g/mol. The highest BCUT2D eigenvalue weighted by molar-refractivity contribution is 6.14. The second-order valence-corrected chi connectivity index (χ2v) is 6.29. The highest BCUT2D eigenvalue weighted by Gasteiger charge is 2.32. The molecule has 6 nitrogen and oxygen atoms in total. The van der Waals surface area contributed by atoms with Gasteiger partial charge in [-0.25, -0.2) is 22.4 Å². The number of carboxylic acids is 1. The molecule has 1 aliphatic carbocycles. The van der Waals surface area contributed by atoms with Gasteiger partial charge in [0.1, 0.15) is 17.0 Å². The molecule has 1 aromatic rings. The summed E-state index contributed by atoms with van der Waals surface area (Å²) in [6.45, 7) is 0.996. The molecule has 146 valence electrons. The summed E-state index contributed by atoms with van der Waals surface area (Å²) in [5.74, 6) is -10.3. The van der Waals surface area contributed by atoms with Crippen LogP contribution in [0.4, 0.5) is 23.2 Å². The highest BCUT2D eigenvalue weighted by Crippen LogP contribution is 2.34. The maximum Gasteiger partial charge on any atom is 0.341 e. The molecule has 27 heavy (non-hydrogen) atoms. The van der Waals surface area contributed by atoms with E-state index in [-0.39, 0.29) is 19.1 Å². The van der Waals surface area contributed by atoms with Crippen LogP contribution in [0, 0.1) is 23.3 Å². The minimum Gasteiger partial charge on any atom is -0.506 e. The van der Waals surface area contributed by atoms with Crippen LogP contribution < -0.4 is 10.2 Å². The largest absolute Gasteiger partial charge is 0.506 e. The van der Waals surface area contributed by atoms with E-state index in [1.165, 1.54) is 0 Å². The molecule has 1 heterocycles. The van der Waals surface area contributed by atoms with Crippen LogP contribution >= 0.6 is 0 Å². The van der Waals surface area contributed by atoms with Gasteiger partial charge in [-0.3, -0.25) is 4.99 Å². The minimum atomic E-state index is -1.86. The van der Waals surface area contributed by atoms with E-state index in [2.05, 4.69) is 10.3 Å². The number of benzene rings is 1. The van der Waals surface area contributed by atoms with Crippen molar-refractivity contribution < 1.29 is 32.6 Å². The Hall–Kier alpha value is -2.62. The average molecular weight is 387 g/mol. The molecule has 0 spiro atoms.